The van der Waals surface area contributed by atoms with Crippen LogP contribution in [0.15, 0.2) is 42.5 Å². The molecule has 0 bridgehead atoms. The van der Waals surface area contributed by atoms with E-state index >= 15 is 0 Å². The number of benzene rings is 1. The van der Waals surface area contributed by atoms with E-state index in [1.807, 2.05) is 29.2 Å². The number of halogens is 3. The molecule has 0 aliphatic carbocycles. The lowest BCUT2D eigenvalue weighted by Gasteiger charge is -2.35. The molecule has 3 heterocycles. The third-order valence-corrected chi connectivity index (χ3v) is 5.00. The quantitative estimate of drug-likeness (QED) is 0.620. The highest BCUT2D eigenvalue weighted by Gasteiger charge is 2.37. The van der Waals surface area contributed by atoms with Gasteiger partial charge in [-0.1, -0.05) is 24.3 Å². The fourth-order valence-electron chi connectivity index (χ4n) is 3.42. The standard InChI is InChI=1S/C20H19F3N6O2/c21-20(22,23)19-25-24-16-6-7-17(26-29(16)19)28-11-9-27(10-12-28)13-15-3-1-14(2-4-15)5-8-18(30)31/h1-8H,9-13H2,(H,30,31). The van der Waals surface area contributed by atoms with Gasteiger partial charge in [-0.3, -0.25) is 4.90 Å². The lowest BCUT2D eigenvalue weighted by atomic mass is 10.1. The molecule has 0 spiro atoms. The number of anilines is 1. The van der Waals surface area contributed by atoms with E-state index in [9.17, 15) is 18.0 Å². The second kappa shape index (κ2) is 8.34. The van der Waals surface area contributed by atoms with Crippen LogP contribution in [0, 0.1) is 0 Å². The summed E-state index contributed by atoms with van der Waals surface area (Å²) in [7, 11) is 0. The van der Waals surface area contributed by atoms with E-state index in [1.54, 1.807) is 6.07 Å². The number of hydrogen-bond acceptors (Lipinski definition) is 6. The lowest BCUT2D eigenvalue weighted by Crippen LogP contribution is -2.46. The Kier molecular flexibility index (Phi) is 5.59. The first-order valence-electron chi connectivity index (χ1n) is 9.56. The summed E-state index contributed by atoms with van der Waals surface area (Å²) in [5.41, 5.74) is 1.96. The average Bonchev–Trinajstić information content (AvgIpc) is 3.17. The molecular weight excluding hydrogens is 413 g/mol. The zero-order valence-corrected chi connectivity index (χ0v) is 16.3. The molecule has 162 valence electrons. The van der Waals surface area contributed by atoms with Crippen molar-refractivity contribution in [2.45, 2.75) is 12.7 Å². The van der Waals surface area contributed by atoms with Gasteiger partial charge >= 0.3 is 12.1 Å². The van der Waals surface area contributed by atoms with Crippen LogP contribution >= 0.6 is 0 Å². The van der Waals surface area contributed by atoms with Gasteiger partial charge in [0.1, 0.15) is 5.82 Å². The van der Waals surface area contributed by atoms with Crippen molar-refractivity contribution in [2.24, 2.45) is 0 Å². The predicted molar refractivity (Wildman–Crippen MR) is 106 cm³/mol. The van der Waals surface area contributed by atoms with Crippen LogP contribution in [-0.2, 0) is 17.5 Å². The second-order valence-electron chi connectivity index (χ2n) is 7.16. The smallest absolute Gasteiger partial charge is 0.453 e. The molecule has 0 atom stereocenters. The molecule has 11 heteroatoms. The maximum absolute atomic E-state index is 13.1. The summed E-state index contributed by atoms with van der Waals surface area (Å²) in [5.74, 6) is -1.67. The van der Waals surface area contributed by atoms with Crippen LogP contribution in [0.3, 0.4) is 0 Å². The molecule has 1 saturated heterocycles. The minimum atomic E-state index is -4.62. The van der Waals surface area contributed by atoms with E-state index in [0.29, 0.717) is 18.9 Å². The number of carboxylic acid groups (broad SMARTS) is 1. The predicted octanol–water partition coefficient (Wildman–Crippen LogP) is 2.56. The minimum absolute atomic E-state index is 0.0522. The van der Waals surface area contributed by atoms with Crippen molar-refractivity contribution in [3.05, 3.63) is 59.4 Å². The van der Waals surface area contributed by atoms with E-state index in [2.05, 4.69) is 20.2 Å². The second-order valence-corrected chi connectivity index (χ2v) is 7.16. The largest absolute Gasteiger partial charge is 0.478 e. The molecule has 0 amide bonds. The number of hydrogen-bond donors (Lipinski definition) is 1. The van der Waals surface area contributed by atoms with E-state index in [4.69, 9.17) is 5.11 Å². The molecule has 8 nitrogen and oxygen atoms in total. The highest BCUT2D eigenvalue weighted by Crippen LogP contribution is 2.28. The molecule has 1 aliphatic rings. The molecular formula is C20H19F3N6O2. The number of carbonyl (C=O) groups is 1. The summed E-state index contributed by atoms with van der Waals surface area (Å²) in [6, 6.07) is 10.8. The van der Waals surface area contributed by atoms with Crippen molar-refractivity contribution in [2.75, 3.05) is 31.1 Å². The summed E-state index contributed by atoms with van der Waals surface area (Å²) in [6.07, 6.45) is -1.99. The highest BCUT2D eigenvalue weighted by molar-refractivity contribution is 5.85. The number of aromatic nitrogens is 4. The lowest BCUT2D eigenvalue weighted by molar-refractivity contribution is -0.146. The van der Waals surface area contributed by atoms with Crippen LogP contribution in [-0.4, -0.2) is 62.0 Å². The van der Waals surface area contributed by atoms with Crippen LogP contribution in [0.5, 0.6) is 0 Å². The van der Waals surface area contributed by atoms with Gasteiger partial charge in [-0.25, -0.2) is 4.79 Å². The average molecular weight is 432 g/mol. The van der Waals surface area contributed by atoms with Gasteiger partial charge in [0, 0.05) is 38.8 Å². The zero-order chi connectivity index (χ0) is 22.0. The first-order chi connectivity index (χ1) is 14.8. The summed E-state index contributed by atoms with van der Waals surface area (Å²) in [4.78, 5) is 14.8. The summed E-state index contributed by atoms with van der Waals surface area (Å²) >= 11 is 0. The van der Waals surface area contributed by atoms with Crippen molar-refractivity contribution < 1.29 is 23.1 Å². The van der Waals surface area contributed by atoms with Crippen LogP contribution in [0.25, 0.3) is 11.7 Å². The fourth-order valence-corrected chi connectivity index (χ4v) is 3.42. The van der Waals surface area contributed by atoms with Gasteiger partial charge in [0.2, 0.25) is 0 Å². The van der Waals surface area contributed by atoms with E-state index in [0.717, 1.165) is 41.4 Å². The SMILES string of the molecule is O=C(O)C=Cc1ccc(CN2CCN(c3ccc4nnc(C(F)(F)F)n4n3)CC2)cc1. The van der Waals surface area contributed by atoms with Gasteiger partial charge in [0.05, 0.1) is 0 Å². The number of piperazine rings is 1. The van der Waals surface area contributed by atoms with Crippen molar-refractivity contribution in [1.82, 2.24) is 24.7 Å². The first kappa shape index (κ1) is 20.8. The molecule has 1 N–H and O–H groups in total. The molecule has 0 saturated carbocycles. The molecule has 1 aromatic carbocycles. The first-order valence-corrected chi connectivity index (χ1v) is 9.56. The van der Waals surface area contributed by atoms with Crippen molar-refractivity contribution in [1.29, 1.82) is 0 Å². The molecule has 1 aliphatic heterocycles. The maximum atomic E-state index is 13.1. The minimum Gasteiger partial charge on any atom is -0.478 e. The fraction of sp³-hybridized carbons (Fsp3) is 0.300. The van der Waals surface area contributed by atoms with Crippen LogP contribution in [0.2, 0.25) is 0 Å². The number of nitrogens with zero attached hydrogens (tertiary/aromatic N) is 6. The Balaban J connectivity index is 1.38. The van der Waals surface area contributed by atoms with Gasteiger partial charge in [-0.15, -0.1) is 15.3 Å². The molecule has 2 aromatic heterocycles. The van der Waals surface area contributed by atoms with E-state index in [-0.39, 0.29) is 5.65 Å². The third kappa shape index (κ3) is 4.82. The van der Waals surface area contributed by atoms with Gasteiger partial charge in [-0.05, 0) is 29.3 Å². The number of alkyl halides is 3. The maximum Gasteiger partial charge on any atom is 0.453 e. The summed E-state index contributed by atoms with van der Waals surface area (Å²) < 4.78 is 40.0. The van der Waals surface area contributed by atoms with Crippen molar-refractivity contribution >= 4 is 23.5 Å². The van der Waals surface area contributed by atoms with Crippen molar-refractivity contribution in [3.63, 3.8) is 0 Å². The van der Waals surface area contributed by atoms with Crippen LogP contribution in [0.1, 0.15) is 17.0 Å². The van der Waals surface area contributed by atoms with Gasteiger partial charge in [-0.2, -0.15) is 17.7 Å². The molecule has 31 heavy (non-hydrogen) atoms. The molecule has 3 aromatic rings. The Labute approximate surface area is 175 Å². The number of fused-ring (bicyclic) bond motifs is 1. The molecule has 0 radical (unpaired) electrons. The monoisotopic (exact) mass is 432 g/mol. The number of aliphatic carboxylic acids is 1. The molecule has 0 unspecified atom stereocenters. The van der Waals surface area contributed by atoms with Gasteiger partial charge < -0.3 is 10.0 Å². The van der Waals surface area contributed by atoms with Crippen molar-refractivity contribution in [3.8, 4) is 0 Å². The van der Waals surface area contributed by atoms with Crippen LogP contribution in [0.4, 0.5) is 19.0 Å². The Morgan fingerprint density at radius 2 is 1.74 bits per heavy atom. The Morgan fingerprint density at radius 1 is 1.03 bits per heavy atom. The number of rotatable bonds is 5. The van der Waals surface area contributed by atoms with Gasteiger partial charge in [0.25, 0.3) is 5.82 Å². The van der Waals surface area contributed by atoms with E-state index in [1.165, 1.54) is 12.1 Å². The third-order valence-electron chi connectivity index (χ3n) is 5.00. The molecule has 4 rings (SSSR count). The topological polar surface area (TPSA) is 86.9 Å². The normalized spacial score (nSPS) is 15.8. The Hall–Kier alpha value is -3.47. The molecule has 1 fully saturated rings. The van der Waals surface area contributed by atoms with Crippen LogP contribution < -0.4 is 4.90 Å². The van der Waals surface area contributed by atoms with E-state index < -0.39 is 18.0 Å². The highest BCUT2D eigenvalue weighted by atomic mass is 19.4. The number of carboxylic acids is 1. The Morgan fingerprint density at radius 3 is 2.39 bits per heavy atom. The summed E-state index contributed by atoms with van der Waals surface area (Å²) in [5, 5.41) is 19.5. The van der Waals surface area contributed by atoms with Gasteiger partial charge in [0.15, 0.2) is 5.65 Å². The Bertz CT molecular complexity index is 1100. The zero-order valence-electron chi connectivity index (χ0n) is 16.3. The summed E-state index contributed by atoms with van der Waals surface area (Å²) in [6.45, 7) is 3.44.